The van der Waals surface area contributed by atoms with Crippen molar-refractivity contribution in [3.63, 3.8) is 0 Å². The first kappa shape index (κ1) is 18.5. The van der Waals surface area contributed by atoms with Crippen LogP contribution in [0.1, 0.15) is 0 Å². The molecular formula is C19H18FN3OS3. The fraction of sp³-hybridized carbons (Fsp3) is 0.263. The van der Waals surface area contributed by atoms with Gasteiger partial charge in [-0.05, 0) is 35.7 Å². The van der Waals surface area contributed by atoms with Gasteiger partial charge in [0.1, 0.15) is 5.82 Å². The average Bonchev–Trinajstić information content (AvgIpc) is 3.39. The Hall–Kier alpha value is -1.90. The van der Waals surface area contributed by atoms with Crippen LogP contribution >= 0.6 is 34.4 Å². The van der Waals surface area contributed by atoms with Crippen molar-refractivity contribution in [1.82, 2.24) is 9.88 Å². The molecule has 1 fully saturated rings. The zero-order chi connectivity index (χ0) is 18.6. The van der Waals surface area contributed by atoms with Crippen LogP contribution in [0.25, 0.3) is 11.3 Å². The van der Waals surface area contributed by atoms with E-state index in [2.05, 4.69) is 27.1 Å². The van der Waals surface area contributed by atoms with Gasteiger partial charge < -0.3 is 9.80 Å². The van der Waals surface area contributed by atoms with Gasteiger partial charge in [0.25, 0.3) is 0 Å². The van der Waals surface area contributed by atoms with Crippen molar-refractivity contribution in [2.75, 3.05) is 36.8 Å². The molecule has 1 amide bonds. The molecule has 0 bridgehead atoms. The minimum Gasteiger partial charge on any atom is -0.345 e. The van der Waals surface area contributed by atoms with Crippen LogP contribution in [0.2, 0.25) is 0 Å². The molecule has 3 heterocycles. The lowest BCUT2D eigenvalue weighted by Crippen LogP contribution is -2.49. The number of hydrogen-bond donors (Lipinski definition) is 0. The molecule has 0 aliphatic carbocycles. The van der Waals surface area contributed by atoms with Gasteiger partial charge in [-0.3, -0.25) is 4.79 Å². The number of amides is 1. The second kappa shape index (κ2) is 8.41. The number of carbonyl (C=O) groups excluding carboxylic acids is 1. The highest BCUT2D eigenvalue weighted by Crippen LogP contribution is 2.29. The number of carbonyl (C=O) groups is 1. The van der Waals surface area contributed by atoms with E-state index < -0.39 is 0 Å². The van der Waals surface area contributed by atoms with E-state index in [1.807, 2.05) is 4.90 Å². The molecule has 0 saturated carbocycles. The van der Waals surface area contributed by atoms with Crippen molar-refractivity contribution in [2.24, 2.45) is 0 Å². The van der Waals surface area contributed by atoms with Gasteiger partial charge in [0.2, 0.25) is 5.91 Å². The predicted octanol–water partition coefficient (Wildman–Crippen LogP) is 4.45. The number of thiophene rings is 1. The molecule has 1 aliphatic rings. The fourth-order valence-corrected chi connectivity index (χ4v) is 5.21. The van der Waals surface area contributed by atoms with E-state index in [1.54, 1.807) is 34.8 Å². The van der Waals surface area contributed by atoms with Gasteiger partial charge in [0.15, 0.2) is 5.13 Å². The van der Waals surface area contributed by atoms with Crippen LogP contribution in [0.5, 0.6) is 0 Å². The summed E-state index contributed by atoms with van der Waals surface area (Å²) >= 11 is 4.78. The molecule has 0 atom stereocenters. The van der Waals surface area contributed by atoms with E-state index in [9.17, 15) is 9.18 Å². The summed E-state index contributed by atoms with van der Waals surface area (Å²) in [6, 6.07) is 8.34. The maximum Gasteiger partial charge on any atom is 0.233 e. The highest BCUT2D eigenvalue weighted by molar-refractivity contribution is 8.00. The Morgan fingerprint density at radius 3 is 2.59 bits per heavy atom. The summed E-state index contributed by atoms with van der Waals surface area (Å²) < 4.78 is 12.9. The van der Waals surface area contributed by atoms with E-state index in [1.165, 1.54) is 23.9 Å². The van der Waals surface area contributed by atoms with Crippen LogP contribution in [-0.2, 0) is 4.79 Å². The molecule has 2 aromatic heterocycles. The second-order valence-electron chi connectivity index (χ2n) is 6.14. The molecule has 0 spiro atoms. The first-order valence-electron chi connectivity index (χ1n) is 8.58. The van der Waals surface area contributed by atoms with E-state index in [0.29, 0.717) is 18.8 Å². The average molecular weight is 420 g/mol. The van der Waals surface area contributed by atoms with Crippen LogP contribution in [0.15, 0.2) is 51.4 Å². The lowest BCUT2D eigenvalue weighted by molar-refractivity contribution is -0.128. The lowest BCUT2D eigenvalue weighted by atomic mass is 10.3. The quantitative estimate of drug-likeness (QED) is 0.573. The summed E-state index contributed by atoms with van der Waals surface area (Å²) in [4.78, 5) is 22.2. The Kier molecular flexibility index (Phi) is 5.75. The number of thioether (sulfide) groups is 1. The number of halogens is 1. The second-order valence-corrected chi connectivity index (χ2v) is 8.80. The van der Waals surface area contributed by atoms with Crippen molar-refractivity contribution in [3.05, 3.63) is 52.3 Å². The number of anilines is 1. The number of thiazole rings is 1. The summed E-state index contributed by atoms with van der Waals surface area (Å²) in [5, 5.41) is 7.27. The largest absolute Gasteiger partial charge is 0.345 e. The summed E-state index contributed by atoms with van der Waals surface area (Å²) in [6.07, 6.45) is 0. The van der Waals surface area contributed by atoms with Crippen LogP contribution in [0.3, 0.4) is 0 Å². The SMILES string of the molecule is O=C(CSc1ccc(F)cc1)N1CCN(c2nc(-c3ccsc3)cs2)CC1. The number of benzene rings is 1. The topological polar surface area (TPSA) is 36.4 Å². The number of aromatic nitrogens is 1. The molecule has 1 aromatic carbocycles. The lowest BCUT2D eigenvalue weighted by Gasteiger charge is -2.34. The van der Waals surface area contributed by atoms with Gasteiger partial charge in [-0.25, -0.2) is 9.37 Å². The van der Waals surface area contributed by atoms with Crippen molar-refractivity contribution in [3.8, 4) is 11.3 Å². The minimum atomic E-state index is -0.258. The Balaban J connectivity index is 1.28. The molecule has 140 valence electrons. The molecule has 4 rings (SSSR count). The fourth-order valence-electron chi connectivity index (χ4n) is 2.87. The maximum atomic E-state index is 12.9. The van der Waals surface area contributed by atoms with Crippen molar-refractivity contribution >= 4 is 45.5 Å². The van der Waals surface area contributed by atoms with Gasteiger partial charge >= 0.3 is 0 Å². The van der Waals surface area contributed by atoms with Gasteiger partial charge in [-0.2, -0.15) is 11.3 Å². The Morgan fingerprint density at radius 2 is 1.89 bits per heavy atom. The summed E-state index contributed by atoms with van der Waals surface area (Å²) in [5.41, 5.74) is 2.18. The minimum absolute atomic E-state index is 0.127. The molecular weight excluding hydrogens is 401 g/mol. The van der Waals surface area contributed by atoms with E-state index in [4.69, 9.17) is 4.98 Å². The van der Waals surface area contributed by atoms with E-state index in [0.717, 1.165) is 34.4 Å². The summed E-state index contributed by atoms with van der Waals surface area (Å²) in [7, 11) is 0. The highest BCUT2D eigenvalue weighted by atomic mass is 32.2. The van der Waals surface area contributed by atoms with E-state index in [-0.39, 0.29) is 11.7 Å². The van der Waals surface area contributed by atoms with Crippen molar-refractivity contribution in [1.29, 1.82) is 0 Å². The Labute approximate surface area is 169 Å². The van der Waals surface area contributed by atoms with Crippen LogP contribution in [-0.4, -0.2) is 47.7 Å². The number of rotatable bonds is 5. The molecule has 3 aromatic rings. The molecule has 0 unspecified atom stereocenters. The molecule has 1 saturated heterocycles. The first-order valence-corrected chi connectivity index (χ1v) is 11.4. The summed E-state index contributed by atoms with van der Waals surface area (Å²) in [6.45, 7) is 3.00. The van der Waals surface area contributed by atoms with E-state index >= 15 is 0 Å². The first-order chi connectivity index (χ1) is 13.2. The van der Waals surface area contributed by atoms with Crippen molar-refractivity contribution in [2.45, 2.75) is 4.90 Å². The molecule has 1 aliphatic heterocycles. The zero-order valence-electron chi connectivity index (χ0n) is 14.5. The number of nitrogens with zero attached hydrogens (tertiary/aromatic N) is 3. The molecule has 4 nitrogen and oxygen atoms in total. The van der Waals surface area contributed by atoms with Crippen LogP contribution in [0, 0.1) is 5.82 Å². The van der Waals surface area contributed by atoms with Gasteiger partial charge in [-0.15, -0.1) is 23.1 Å². The number of hydrogen-bond acceptors (Lipinski definition) is 6. The van der Waals surface area contributed by atoms with Gasteiger partial charge in [-0.1, -0.05) is 0 Å². The third-order valence-corrected chi connectivity index (χ3v) is 6.97. The predicted molar refractivity (Wildman–Crippen MR) is 111 cm³/mol. The molecule has 27 heavy (non-hydrogen) atoms. The highest BCUT2D eigenvalue weighted by Gasteiger charge is 2.23. The third-order valence-electron chi connectivity index (χ3n) is 4.39. The van der Waals surface area contributed by atoms with Crippen LogP contribution in [0.4, 0.5) is 9.52 Å². The molecule has 8 heteroatoms. The van der Waals surface area contributed by atoms with Crippen LogP contribution < -0.4 is 4.90 Å². The van der Waals surface area contributed by atoms with Gasteiger partial charge in [0.05, 0.1) is 11.4 Å². The molecule has 0 radical (unpaired) electrons. The monoisotopic (exact) mass is 419 g/mol. The summed E-state index contributed by atoms with van der Waals surface area (Å²) in [5.74, 6) is 0.249. The third kappa shape index (κ3) is 4.51. The standard InChI is InChI=1S/C19H18FN3OS3/c20-15-1-3-16(4-2-15)26-13-18(24)22-6-8-23(9-7-22)19-21-17(12-27-19)14-5-10-25-11-14/h1-5,10-12H,6-9,13H2. The zero-order valence-corrected chi connectivity index (χ0v) is 17.0. The molecule has 0 N–H and O–H groups in total. The normalized spacial score (nSPS) is 14.6. The smallest absolute Gasteiger partial charge is 0.233 e. The maximum absolute atomic E-state index is 12.9. The Morgan fingerprint density at radius 1 is 1.11 bits per heavy atom. The van der Waals surface area contributed by atoms with Crippen molar-refractivity contribution < 1.29 is 9.18 Å². The Bertz CT molecular complexity index is 887. The number of piperazine rings is 1. The van der Waals surface area contributed by atoms with Gasteiger partial charge in [0, 0.05) is 47.4 Å².